The molecule has 1 aliphatic carbocycles. The lowest BCUT2D eigenvalue weighted by molar-refractivity contribution is -0.132. The highest BCUT2D eigenvalue weighted by Crippen LogP contribution is 2.38. The molecule has 3 rings (SSSR count). The van der Waals surface area contributed by atoms with Crippen molar-refractivity contribution in [2.24, 2.45) is 5.92 Å². The molecular formula is C15H19ClN2O3S. The first-order valence-corrected chi connectivity index (χ1v) is 9.60. The molecule has 2 aliphatic rings. The van der Waals surface area contributed by atoms with Crippen molar-refractivity contribution in [2.75, 3.05) is 12.8 Å². The van der Waals surface area contributed by atoms with Crippen LogP contribution in [0, 0.1) is 5.92 Å². The third-order valence-electron chi connectivity index (χ3n) is 4.50. The van der Waals surface area contributed by atoms with Crippen LogP contribution in [0.2, 0.25) is 5.02 Å². The van der Waals surface area contributed by atoms with Gasteiger partial charge in [-0.15, -0.1) is 0 Å². The van der Waals surface area contributed by atoms with Crippen molar-refractivity contribution in [3.05, 3.63) is 34.9 Å². The smallest absolute Gasteiger partial charge is 0.227 e. The van der Waals surface area contributed by atoms with E-state index >= 15 is 0 Å². The SMILES string of the molecule is CS(=O)(=O)NC1CC2CC1CN2C(=O)Cc1ccc(Cl)cc1. The van der Waals surface area contributed by atoms with E-state index in [2.05, 4.69) is 4.72 Å². The molecule has 0 radical (unpaired) electrons. The predicted molar refractivity (Wildman–Crippen MR) is 85.1 cm³/mol. The van der Waals surface area contributed by atoms with Gasteiger partial charge in [0.05, 0.1) is 12.7 Å². The Bertz CT molecular complexity index is 675. The number of sulfonamides is 1. The third kappa shape index (κ3) is 3.45. The maximum Gasteiger partial charge on any atom is 0.227 e. The van der Waals surface area contributed by atoms with Crippen LogP contribution in [0.15, 0.2) is 24.3 Å². The normalized spacial score (nSPS) is 27.4. The molecule has 3 atom stereocenters. The number of halogens is 1. The van der Waals surface area contributed by atoms with Crippen molar-refractivity contribution < 1.29 is 13.2 Å². The summed E-state index contributed by atoms with van der Waals surface area (Å²) in [6.07, 6.45) is 3.15. The quantitative estimate of drug-likeness (QED) is 0.900. The summed E-state index contributed by atoms with van der Waals surface area (Å²) in [6.45, 7) is 0.643. The van der Waals surface area contributed by atoms with E-state index in [4.69, 9.17) is 11.6 Å². The molecule has 3 unspecified atom stereocenters. The molecule has 1 saturated heterocycles. The van der Waals surface area contributed by atoms with Crippen LogP contribution in [0.5, 0.6) is 0 Å². The van der Waals surface area contributed by atoms with Gasteiger partial charge >= 0.3 is 0 Å². The first-order chi connectivity index (χ1) is 10.3. The lowest BCUT2D eigenvalue weighted by atomic mass is 10.0. The van der Waals surface area contributed by atoms with E-state index in [0.29, 0.717) is 24.4 Å². The highest BCUT2D eigenvalue weighted by molar-refractivity contribution is 7.88. The van der Waals surface area contributed by atoms with Gasteiger partial charge in [0.15, 0.2) is 0 Å². The van der Waals surface area contributed by atoms with Crippen LogP contribution < -0.4 is 4.72 Å². The minimum Gasteiger partial charge on any atom is -0.339 e. The highest BCUT2D eigenvalue weighted by atomic mass is 35.5. The second kappa shape index (κ2) is 5.83. The lowest BCUT2D eigenvalue weighted by Gasteiger charge is -2.31. The number of benzene rings is 1. The number of nitrogens with one attached hydrogen (secondary N) is 1. The lowest BCUT2D eigenvalue weighted by Crippen LogP contribution is -2.47. The van der Waals surface area contributed by atoms with Crippen LogP contribution >= 0.6 is 11.6 Å². The van der Waals surface area contributed by atoms with Gasteiger partial charge in [-0.25, -0.2) is 13.1 Å². The molecular weight excluding hydrogens is 324 g/mol. The van der Waals surface area contributed by atoms with Gasteiger partial charge in [-0.1, -0.05) is 23.7 Å². The summed E-state index contributed by atoms with van der Waals surface area (Å²) >= 11 is 5.84. The molecule has 1 heterocycles. The number of rotatable bonds is 4. The van der Waals surface area contributed by atoms with Crippen molar-refractivity contribution in [2.45, 2.75) is 31.3 Å². The number of piperidine rings is 1. The molecule has 0 aromatic heterocycles. The molecule has 7 heteroatoms. The Hall–Kier alpha value is -1.11. The second-order valence-corrected chi connectivity index (χ2v) is 8.45. The van der Waals surface area contributed by atoms with Crippen LogP contribution in [0.3, 0.4) is 0 Å². The first-order valence-electron chi connectivity index (χ1n) is 7.33. The summed E-state index contributed by atoms with van der Waals surface area (Å²) in [5.74, 6) is 0.335. The average molecular weight is 343 g/mol. The summed E-state index contributed by atoms with van der Waals surface area (Å²) < 4.78 is 25.4. The van der Waals surface area contributed by atoms with E-state index in [1.54, 1.807) is 12.1 Å². The van der Waals surface area contributed by atoms with Gasteiger partial charge in [0, 0.05) is 23.7 Å². The topological polar surface area (TPSA) is 66.5 Å². The second-order valence-electron chi connectivity index (χ2n) is 6.23. The molecule has 1 amide bonds. The average Bonchev–Trinajstić information content (AvgIpc) is 2.99. The summed E-state index contributed by atoms with van der Waals surface area (Å²) in [5.41, 5.74) is 0.947. The Balaban J connectivity index is 1.60. The number of nitrogens with zero attached hydrogens (tertiary/aromatic N) is 1. The van der Waals surface area contributed by atoms with Crippen molar-refractivity contribution in [1.82, 2.24) is 9.62 Å². The van der Waals surface area contributed by atoms with E-state index < -0.39 is 10.0 Å². The monoisotopic (exact) mass is 342 g/mol. The largest absolute Gasteiger partial charge is 0.339 e. The zero-order chi connectivity index (χ0) is 15.9. The molecule has 2 bridgehead atoms. The van der Waals surface area contributed by atoms with Gasteiger partial charge in [-0.2, -0.15) is 0 Å². The number of carbonyl (C=O) groups excluding carboxylic acids is 1. The Morgan fingerprint density at radius 2 is 2.00 bits per heavy atom. The van der Waals surface area contributed by atoms with Gasteiger partial charge in [0.2, 0.25) is 15.9 Å². The summed E-state index contributed by atoms with van der Waals surface area (Å²) in [4.78, 5) is 14.3. The van der Waals surface area contributed by atoms with Crippen molar-refractivity contribution in [1.29, 1.82) is 0 Å². The Kier molecular flexibility index (Phi) is 4.18. The molecule has 1 N–H and O–H groups in total. The Labute approximate surface area is 135 Å². The Morgan fingerprint density at radius 3 is 2.55 bits per heavy atom. The van der Waals surface area contributed by atoms with E-state index in [0.717, 1.165) is 12.0 Å². The van der Waals surface area contributed by atoms with Crippen LogP contribution in [0.25, 0.3) is 0 Å². The van der Waals surface area contributed by atoms with Crippen molar-refractivity contribution in [3.8, 4) is 0 Å². The fourth-order valence-electron chi connectivity index (χ4n) is 3.56. The summed E-state index contributed by atoms with van der Waals surface area (Å²) in [5, 5.41) is 0.658. The number of hydrogen-bond donors (Lipinski definition) is 1. The fraction of sp³-hybridized carbons (Fsp3) is 0.533. The van der Waals surface area contributed by atoms with Crippen LogP contribution in [-0.4, -0.2) is 44.1 Å². The van der Waals surface area contributed by atoms with Gasteiger partial charge in [0.25, 0.3) is 0 Å². The van der Waals surface area contributed by atoms with Crippen LogP contribution in [0.1, 0.15) is 18.4 Å². The molecule has 120 valence electrons. The van der Waals surface area contributed by atoms with Gasteiger partial charge in [-0.3, -0.25) is 4.79 Å². The van der Waals surface area contributed by atoms with E-state index in [1.165, 1.54) is 6.26 Å². The predicted octanol–water partition coefficient (Wildman–Crippen LogP) is 1.42. The van der Waals surface area contributed by atoms with E-state index in [1.807, 2.05) is 17.0 Å². The summed E-state index contributed by atoms with van der Waals surface area (Å²) in [7, 11) is -3.19. The maximum absolute atomic E-state index is 12.4. The number of fused-ring (bicyclic) bond motifs is 2. The van der Waals surface area contributed by atoms with Gasteiger partial charge in [0.1, 0.15) is 0 Å². The van der Waals surface area contributed by atoms with Crippen molar-refractivity contribution in [3.63, 3.8) is 0 Å². The third-order valence-corrected chi connectivity index (χ3v) is 5.48. The molecule has 5 nitrogen and oxygen atoms in total. The fourth-order valence-corrected chi connectivity index (χ4v) is 4.52. The minimum atomic E-state index is -3.19. The Morgan fingerprint density at radius 1 is 1.32 bits per heavy atom. The van der Waals surface area contributed by atoms with Crippen LogP contribution in [-0.2, 0) is 21.2 Å². The zero-order valence-electron chi connectivity index (χ0n) is 12.3. The van der Waals surface area contributed by atoms with Crippen LogP contribution in [0.4, 0.5) is 0 Å². The maximum atomic E-state index is 12.4. The van der Waals surface area contributed by atoms with E-state index in [-0.39, 0.29) is 23.9 Å². The minimum absolute atomic E-state index is 0.0282. The number of amides is 1. The summed E-state index contributed by atoms with van der Waals surface area (Å²) in [6, 6.07) is 7.42. The molecule has 1 aromatic carbocycles. The zero-order valence-corrected chi connectivity index (χ0v) is 13.9. The standard InChI is InChI=1S/C15H19ClN2O3S/c1-22(20,21)17-14-8-13-7-11(14)9-18(13)15(19)6-10-2-4-12(16)5-3-10/h2-5,11,13-14,17H,6-9H2,1H3. The van der Waals surface area contributed by atoms with Crippen molar-refractivity contribution >= 4 is 27.5 Å². The molecule has 1 aliphatic heterocycles. The van der Waals surface area contributed by atoms with Gasteiger partial charge < -0.3 is 4.90 Å². The first kappa shape index (κ1) is 15.8. The molecule has 2 fully saturated rings. The van der Waals surface area contributed by atoms with Gasteiger partial charge in [-0.05, 0) is 36.5 Å². The van der Waals surface area contributed by atoms with E-state index in [9.17, 15) is 13.2 Å². The number of likely N-dealkylation sites (tertiary alicyclic amines) is 1. The molecule has 22 heavy (non-hydrogen) atoms. The molecule has 1 aromatic rings. The number of hydrogen-bond acceptors (Lipinski definition) is 3. The number of carbonyl (C=O) groups is 1. The highest BCUT2D eigenvalue weighted by Gasteiger charge is 2.46. The molecule has 0 spiro atoms. The molecule has 1 saturated carbocycles.